The number of nitrogens with one attached hydrogen (secondary N) is 1. The van der Waals surface area contributed by atoms with Crippen LogP contribution in [0, 0.1) is 0 Å². The highest BCUT2D eigenvalue weighted by Crippen LogP contribution is 2.32. The molecule has 0 spiro atoms. The molecule has 16 heavy (non-hydrogen) atoms. The fourth-order valence-corrected chi connectivity index (χ4v) is 1.16. The van der Waals surface area contributed by atoms with Gasteiger partial charge < -0.3 is 20.6 Å². The van der Waals surface area contributed by atoms with Gasteiger partial charge in [-0.1, -0.05) is 6.08 Å². The van der Waals surface area contributed by atoms with Crippen molar-refractivity contribution in [3.05, 3.63) is 23.8 Å². The van der Waals surface area contributed by atoms with Crippen LogP contribution in [0.1, 0.15) is 12.5 Å². The van der Waals surface area contributed by atoms with Crippen molar-refractivity contribution in [1.29, 1.82) is 0 Å². The Kier molecular flexibility index (Phi) is 3.77. The zero-order chi connectivity index (χ0) is 12.1. The first-order valence-electron chi connectivity index (χ1n) is 4.66. The summed E-state index contributed by atoms with van der Waals surface area (Å²) < 4.78 is 0. The van der Waals surface area contributed by atoms with Gasteiger partial charge in [0.15, 0.2) is 0 Å². The molecular weight excluding hydrogens is 210 g/mol. The molecule has 1 rings (SSSR count). The molecule has 0 aliphatic carbocycles. The molecular formula is C11H13NO4. The van der Waals surface area contributed by atoms with E-state index in [0.717, 1.165) is 12.1 Å². The zero-order valence-electron chi connectivity index (χ0n) is 8.77. The fraction of sp³-hybridized carbons (Fsp3) is 0.182. The van der Waals surface area contributed by atoms with Gasteiger partial charge in [0.1, 0.15) is 17.2 Å². The van der Waals surface area contributed by atoms with Gasteiger partial charge in [0, 0.05) is 25.6 Å². The summed E-state index contributed by atoms with van der Waals surface area (Å²) in [5.74, 6) is -0.828. The van der Waals surface area contributed by atoms with Gasteiger partial charge in [-0.15, -0.1) is 0 Å². The molecule has 0 bridgehead atoms. The minimum atomic E-state index is -0.225. The van der Waals surface area contributed by atoms with Gasteiger partial charge in [-0.3, -0.25) is 4.79 Å². The first-order chi connectivity index (χ1) is 7.50. The number of hydrogen-bond donors (Lipinski definition) is 4. The van der Waals surface area contributed by atoms with Crippen molar-refractivity contribution in [1.82, 2.24) is 5.32 Å². The van der Waals surface area contributed by atoms with Crippen molar-refractivity contribution in [2.75, 3.05) is 6.54 Å². The standard InChI is InChI=1S/C11H13NO4/c1-7(13)12-4-2-3-9-10(15)5-8(14)6-11(9)16/h2-3,5-6,14-16H,4H2,1H3,(H,12,13). The monoisotopic (exact) mass is 223 g/mol. The Labute approximate surface area is 92.7 Å². The molecule has 0 aliphatic rings. The van der Waals surface area contributed by atoms with Crippen molar-refractivity contribution < 1.29 is 20.1 Å². The van der Waals surface area contributed by atoms with Gasteiger partial charge in [-0.25, -0.2) is 0 Å². The number of aromatic hydroxyl groups is 3. The number of hydrogen-bond acceptors (Lipinski definition) is 4. The van der Waals surface area contributed by atoms with Gasteiger partial charge >= 0.3 is 0 Å². The van der Waals surface area contributed by atoms with Crippen molar-refractivity contribution in [3.63, 3.8) is 0 Å². The molecule has 5 nitrogen and oxygen atoms in total. The Morgan fingerprint density at radius 3 is 2.38 bits per heavy atom. The summed E-state index contributed by atoms with van der Waals surface area (Å²) in [7, 11) is 0. The smallest absolute Gasteiger partial charge is 0.217 e. The van der Waals surface area contributed by atoms with E-state index in [2.05, 4.69) is 5.32 Å². The number of carbonyl (C=O) groups is 1. The van der Waals surface area contributed by atoms with Gasteiger partial charge in [0.05, 0.1) is 5.56 Å². The molecule has 1 amide bonds. The number of phenols is 3. The SMILES string of the molecule is CC(=O)NCC=Cc1c(O)cc(O)cc1O. The Hall–Kier alpha value is -2.17. The predicted octanol–water partition coefficient (Wildman–Crippen LogP) is 0.953. The maximum atomic E-state index is 10.6. The van der Waals surface area contributed by atoms with Gasteiger partial charge in [-0.2, -0.15) is 0 Å². The van der Waals surface area contributed by atoms with Crippen molar-refractivity contribution in [3.8, 4) is 17.2 Å². The summed E-state index contributed by atoms with van der Waals surface area (Å²) in [5.41, 5.74) is 0.197. The molecule has 0 atom stereocenters. The van der Waals surface area contributed by atoms with E-state index in [4.69, 9.17) is 5.11 Å². The molecule has 0 aromatic heterocycles. The molecule has 0 saturated heterocycles. The summed E-state index contributed by atoms with van der Waals surface area (Å²) in [6, 6.07) is 2.25. The normalized spacial score (nSPS) is 10.6. The third-order valence-electron chi connectivity index (χ3n) is 1.87. The quantitative estimate of drug-likeness (QED) is 0.614. The Morgan fingerprint density at radius 1 is 1.31 bits per heavy atom. The highest BCUT2D eigenvalue weighted by molar-refractivity contribution is 5.73. The molecule has 0 heterocycles. The van der Waals surface area contributed by atoms with E-state index in [1.54, 1.807) is 6.08 Å². The van der Waals surface area contributed by atoms with Gasteiger partial charge in [0.2, 0.25) is 5.91 Å². The lowest BCUT2D eigenvalue weighted by molar-refractivity contribution is -0.118. The first-order valence-corrected chi connectivity index (χ1v) is 4.66. The average molecular weight is 223 g/mol. The highest BCUT2D eigenvalue weighted by Gasteiger charge is 2.05. The highest BCUT2D eigenvalue weighted by atomic mass is 16.3. The van der Waals surface area contributed by atoms with Crippen LogP contribution in [0.25, 0.3) is 6.08 Å². The van der Waals surface area contributed by atoms with Crippen LogP contribution >= 0.6 is 0 Å². The minimum absolute atomic E-state index is 0.163. The fourth-order valence-electron chi connectivity index (χ4n) is 1.16. The summed E-state index contributed by atoms with van der Waals surface area (Å²) >= 11 is 0. The molecule has 0 aliphatic heterocycles. The maximum absolute atomic E-state index is 10.6. The van der Waals surface area contributed by atoms with Crippen LogP contribution in [-0.4, -0.2) is 27.8 Å². The third kappa shape index (κ3) is 3.20. The second kappa shape index (κ2) is 5.06. The van der Waals surface area contributed by atoms with E-state index < -0.39 is 0 Å². The molecule has 0 fully saturated rings. The molecule has 0 unspecified atom stereocenters. The molecule has 0 radical (unpaired) electrons. The van der Waals surface area contributed by atoms with E-state index in [1.807, 2.05) is 0 Å². The maximum Gasteiger partial charge on any atom is 0.217 e. The van der Waals surface area contributed by atoms with Gasteiger partial charge in [-0.05, 0) is 6.08 Å². The summed E-state index contributed by atoms with van der Waals surface area (Å²) in [4.78, 5) is 10.6. The van der Waals surface area contributed by atoms with Crippen molar-refractivity contribution >= 4 is 12.0 Å². The van der Waals surface area contributed by atoms with E-state index in [-0.39, 0.29) is 28.7 Å². The van der Waals surface area contributed by atoms with Crippen LogP contribution in [0.3, 0.4) is 0 Å². The molecule has 0 saturated carbocycles. The summed E-state index contributed by atoms with van der Waals surface area (Å²) in [5, 5.41) is 30.4. The molecule has 86 valence electrons. The van der Waals surface area contributed by atoms with Gasteiger partial charge in [0.25, 0.3) is 0 Å². The van der Waals surface area contributed by atoms with E-state index in [9.17, 15) is 15.0 Å². The summed E-state index contributed by atoms with van der Waals surface area (Å²) in [6.45, 7) is 1.69. The zero-order valence-corrected chi connectivity index (χ0v) is 8.77. The predicted molar refractivity (Wildman–Crippen MR) is 59.2 cm³/mol. The average Bonchev–Trinajstić information content (AvgIpc) is 2.14. The van der Waals surface area contributed by atoms with E-state index in [1.165, 1.54) is 13.0 Å². The molecule has 5 heteroatoms. The lowest BCUT2D eigenvalue weighted by Crippen LogP contribution is -2.19. The number of carbonyl (C=O) groups excluding carboxylic acids is 1. The second-order valence-corrected chi connectivity index (χ2v) is 3.24. The van der Waals surface area contributed by atoms with Crippen LogP contribution < -0.4 is 5.32 Å². The molecule has 1 aromatic carbocycles. The van der Waals surface area contributed by atoms with E-state index in [0.29, 0.717) is 6.54 Å². The number of rotatable bonds is 3. The van der Waals surface area contributed by atoms with Crippen molar-refractivity contribution in [2.45, 2.75) is 6.92 Å². The molecule has 4 N–H and O–H groups in total. The molecule has 1 aromatic rings. The summed E-state index contributed by atoms with van der Waals surface area (Å²) in [6.07, 6.45) is 3.03. The second-order valence-electron chi connectivity index (χ2n) is 3.24. The number of phenolic OH excluding ortho intramolecular Hbond substituents is 3. The van der Waals surface area contributed by atoms with Crippen molar-refractivity contribution in [2.24, 2.45) is 0 Å². The first kappa shape index (κ1) is 11.9. The Morgan fingerprint density at radius 2 is 1.88 bits per heavy atom. The Bertz CT molecular complexity index is 403. The number of benzene rings is 1. The van der Waals surface area contributed by atoms with Crippen LogP contribution in [0.4, 0.5) is 0 Å². The number of amides is 1. The van der Waals surface area contributed by atoms with Crippen LogP contribution in [0.15, 0.2) is 18.2 Å². The third-order valence-corrected chi connectivity index (χ3v) is 1.87. The van der Waals surface area contributed by atoms with Crippen LogP contribution in [0.5, 0.6) is 17.2 Å². The topological polar surface area (TPSA) is 89.8 Å². The Balaban J connectivity index is 2.77. The lowest BCUT2D eigenvalue weighted by atomic mass is 10.1. The largest absolute Gasteiger partial charge is 0.508 e. The lowest BCUT2D eigenvalue weighted by Gasteiger charge is -2.03. The van der Waals surface area contributed by atoms with E-state index >= 15 is 0 Å². The van der Waals surface area contributed by atoms with Crippen LogP contribution in [0.2, 0.25) is 0 Å². The minimum Gasteiger partial charge on any atom is -0.508 e. The van der Waals surface area contributed by atoms with Crippen LogP contribution in [-0.2, 0) is 4.79 Å².